The van der Waals surface area contributed by atoms with Crippen LogP contribution >= 0.6 is 15.9 Å². The van der Waals surface area contributed by atoms with Crippen molar-refractivity contribution in [3.8, 4) is 5.75 Å². The number of benzene rings is 1. The van der Waals surface area contributed by atoms with Crippen molar-refractivity contribution < 1.29 is 14.6 Å². The number of hydrogen-bond acceptors (Lipinski definition) is 3. The Morgan fingerprint density at radius 2 is 2.11 bits per heavy atom. The summed E-state index contributed by atoms with van der Waals surface area (Å²) in [6.07, 6.45) is 0. The molecule has 1 unspecified atom stereocenters. The monoisotopic (exact) mass is 315 g/mol. The Labute approximate surface area is 115 Å². The Hall–Kier alpha value is -1.07. The number of carbonyl (C=O) groups is 1. The predicted molar refractivity (Wildman–Crippen MR) is 74.2 cm³/mol. The smallest absolute Gasteiger partial charge is 0.312 e. The van der Waals surface area contributed by atoms with Gasteiger partial charge in [0.1, 0.15) is 5.75 Å². The molecule has 0 spiro atoms. The highest BCUT2D eigenvalue weighted by Crippen LogP contribution is 2.37. The van der Waals surface area contributed by atoms with Gasteiger partial charge in [-0.2, -0.15) is 0 Å². The summed E-state index contributed by atoms with van der Waals surface area (Å²) in [6, 6.07) is 3.81. The van der Waals surface area contributed by atoms with Crippen LogP contribution in [-0.2, 0) is 4.79 Å². The van der Waals surface area contributed by atoms with E-state index in [1.807, 2.05) is 12.1 Å². The highest BCUT2D eigenvalue weighted by molar-refractivity contribution is 9.10. The van der Waals surface area contributed by atoms with E-state index in [2.05, 4.69) is 29.8 Å². The minimum atomic E-state index is -0.941. The maximum atomic E-state index is 11.2. The van der Waals surface area contributed by atoms with Crippen molar-refractivity contribution >= 4 is 21.9 Å². The lowest BCUT2D eigenvalue weighted by atomic mass is 9.93. The number of carboxylic acid groups (broad SMARTS) is 1. The summed E-state index contributed by atoms with van der Waals surface area (Å²) in [5, 5.41) is 9.22. The second kappa shape index (κ2) is 6.20. The molecule has 0 aromatic heterocycles. The molecule has 1 aromatic rings. The van der Waals surface area contributed by atoms with E-state index in [9.17, 15) is 9.90 Å². The molecule has 1 atom stereocenters. The first-order valence-corrected chi connectivity index (χ1v) is 6.51. The molecule has 1 rings (SSSR count). The van der Waals surface area contributed by atoms with Crippen LogP contribution in [0.2, 0.25) is 0 Å². The minimum absolute atomic E-state index is 0.0414. The first-order chi connectivity index (χ1) is 8.42. The van der Waals surface area contributed by atoms with Crippen LogP contribution in [0.3, 0.4) is 0 Å². The molecule has 0 heterocycles. The van der Waals surface area contributed by atoms with Crippen LogP contribution in [0, 0.1) is 0 Å². The van der Waals surface area contributed by atoms with E-state index in [0.717, 1.165) is 10.0 Å². The lowest BCUT2D eigenvalue weighted by molar-refractivity contribution is -0.138. The molecule has 0 bridgehead atoms. The molecule has 5 heteroatoms. The maximum Gasteiger partial charge on any atom is 0.312 e. The number of ether oxygens (including phenoxy) is 1. The Balaban J connectivity index is 3.42. The van der Waals surface area contributed by atoms with Gasteiger partial charge >= 0.3 is 5.97 Å². The molecule has 0 fully saturated rings. The molecular formula is C13H18BrNO3. The van der Waals surface area contributed by atoms with Gasteiger partial charge in [-0.1, -0.05) is 19.9 Å². The van der Waals surface area contributed by atoms with Gasteiger partial charge in [0.15, 0.2) is 0 Å². The summed E-state index contributed by atoms with van der Waals surface area (Å²) < 4.78 is 6.03. The van der Waals surface area contributed by atoms with Gasteiger partial charge < -0.3 is 15.6 Å². The van der Waals surface area contributed by atoms with E-state index >= 15 is 0 Å². The van der Waals surface area contributed by atoms with Crippen molar-refractivity contribution in [2.75, 3.05) is 13.7 Å². The number of methoxy groups -OCH3 is 1. The minimum Gasteiger partial charge on any atom is -0.495 e. The van der Waals surface area contributed by atoms with E-state index in [4.69, 9.17) is 10.5 Å². The summed E-state index contributed by atoms with van der Waals surface area (Å²) in [5.74, 6) is -0.853. The van der Waals surface area contributed by atoms with Gasteiger partial charge in [-0.25, -0.2) is 0 Å². The van der Waals surface area contributed by atoms with E-state index in [0.29, 0.717) is 17.2 Å². The molecule has 0 radical (unpaired) electrons. The van der Waals surface area contributed by atoms with Gasteiger partial charge in [0.25, 0.3) is 0 Å². The van der Waals surface area contributed by atoms with E-state index < -0.39 is 11.9 Å². The maximum absolute atomic E-state index is 11.2. The van der Waals surface area contributed by atoms with Gasteiger partial charge in [-0.05, 0) is 33.5 Å². The highest BCUT2D eigenvalue weighted by Gasteiger charge is 2.24. The normalized spacial score (nSPS) is 12.6. The summed E-state index contributed by atoms with van der Waals surface area (Å²) in [5.41, 5.74) is 7.22. The SMILES string of the molecule is COc1c(Br)cc(C(C)C)cc1C(CN)C(=O)O. The van der Waals surface area contributed by atoms with E-state index in [1.54, 1.807) is 0 Å². The molecule has 18 heavy (non-hydrogen) atoms. The standard InChI is InChI=1S/C13H18BrNO3/c1-7(2)8-4-9(10(6-15)13(16)17)12(18-3)11(14)5-8/h4-5,7,10H,6,15H2,1-3H3,(H,16,17). The average Bonchev–Trinajstić information content (AvgIpc) is 2.28. The van der Waals surface area contributed by atoms with Crippen molar-refractivity contribution in [2.24, 2.45) is 5.73 Å². The van der Waals surface area contributed by atoms with E-state index in [1.165, 1.54) is 7.11 Å². The van der Waals surface area contributed by atoms with Crippen molar-refractivity contribution in [1.29, 1.82) is 0 Å². The van der Waals surface area contributed by atoms with Crippen LogP contribution in [0.25, 0.3) is 0 Å². The fraction of sp³-hybridized carbons (Fsp3) is 0.462. The van der Waals surface area contributed by atoms with Crippen LogP contribution < -0.4 is 10.5 Å². The number of nitrogens with two attached hydrogens (primary N) is 1. The lowest BCUT2D eigenvalue weighted by Crippen LogP contribution is -2.22. The Morgan fingerprint density at radius 3 is 2.50 bits per heavy atom. The van der Waals surface area contributed by atoms with Gasteiger partial charge in [0.2, 0.25) is 0 Å². The van der Waals surface area contributed by atoms with Crippen molar-refractivity contribution in [3.63, 3.8) is 0 Å². The molecule has 3 N–H and O–H groups in total. The Bertz CT molecular complexity index is 446. The summed E-state index contributed by atoms with van der Waals surface area (Å²) in [4.78, 5) is 11.2. The first-order valence-electron chi connectivity index (χ1n) is 5.72. The predicted octanol–water partition coefficient (Wildman–Crippen LogP) is 2.71. The molecule has 0 amide bonds. The summed E-state index contributed by atoms with van der Waals surface area (Å²) in [7, 11) is 1.52. The van der Waals surface area contributed by atoms with Crippen LogP contribution in [-0.4, -0.2) is 24.7 Å². The zero-order valence-corrected chi connectivity index (χ0v) is 12.3. The largest absolute Gasteiger partial charge is 0.495 e. The van der Waals surface area contributed by atoms with Crippen molar-refractivity contribution in [3.05, 3.63) is 27.7 Å². The zero-order valence-electron chi connectivity index (χ0n) is 10.7. The van der Waals surface area contributed by atoms with Gasteiger partial charge in [-0.15, -0.1) is 0 Å². The zero-order chi connectivity index (χ0) is 13.9. The van der Waals surface area contributed by atoms with Crippen LogP contribution in [0.15, 0.2) is 16.6 Å². The third-order valence-corrected chi connectivity index (χ3v) is 3.46. The third-order valence-electron chi connectivity index (χ3n) is 2.87. The molecule has 0 saturated carbocycles. The molecule has 1 aromatic carbocycles. The number of halogens is 1. The molecular weight excluding hydrogens is 298 g/mol. The van der Waals surface area contributed by atoms with E-state index in [-0.39, 0.29) is 6.54 Å². The average molecular weight is 316 g/mol. The quantitative estimate of drug-likeness (QED) is 0.876. The number of hydrogen-bond donors (Lipinski definition) is 2. The van der Waals surface area contributed by atoms with Crippen LogP contribution in [0.1, 0.15) is 36.8 Å². The second-order valence-electron chi connectivity index (χ2n) is 4.41. The van der Waals surface area contributed by atoms with Crippen LogP contribution in [0.4, 0.5) is 0 Å². The Morgan fingerprint density at radius 1 is 1.50 bits per heavy atom. The Kier molecular flexibility index (Phi) is 5.16. The molecule has 0 aliphatic rings. The van der Waals surface area contributed by atoms with Crippen molar-refractivity contribution in [2.45, 2.75) is 25.7 Å². The topological polar surface area (TPSA) is 72.5 Å². The molecule has 4 nitrogen and oxygen atoms in total. The second-order valence-corrected chi connectivity index (χ2v) is 5.26. The van der Waals surface area contributed by atoms with Crippen LogP contribution in [0.5, 0.6) is 5.75 Å². The van der Waals surface area contributed by atoms with Crippen molar-refractivity contribution in [1.82, 2.24) is 0 Å². The van der Waals surface area contributed by atoms with Gasteiger partial charge in [0.05, 0.1) is 17.5 Å². The van der Waals surface area contributed by atoms with Gasteiger partial charge in [-0.3, -0.25) is 4.79 Å². The molecule has 0 aliphatic carbocycles. The molecule has 100 valence electrons. The lowest BCUT2D eigenvalue weighted by Gasteiger charge is -2.18. The number of aliphatic carboxylic acids is 1. The highest BCUT2D eigenvalue weighted by atomic mass is 79.9. The fourth-order valence-electron chi connectivity index (χ4n) is 1.80. The number of rotatable bonds is 5. The molecule has 0 saturated heterocycles. The molecule has 0 aliphatic heterocycles. The number of carboxylic acids is 1. The summed E-state index contributed by atoms with van der Waals surface area (Å²) in [6.45, 7) is 4.15. The first kappa shape index (κ1) is 15.0. The third kappa shape index (κ3) is 3.03. The van der Waals surface area contributed by atoms with Gasteiger partial charge in [0, 0.05) is 12.1 Å². The fourth-order valence-corrected chi connectivity index (χ4v) is 2.46. The summed E-state index contributed by atoms with van der Waals surface area (Å²) >= 11 is 3.41.